The van der Waals surface area contributed by atoms with Gasteiger partial charge in [0.2, 0.25) is 5.88 Å². The minimum Gasteiger partial charge on any atom is -0.481 e. The standard InChI is InChI=1S/C30H35N5O4Si/c1-40(2,3)13-12-38-19-35-27(10-11-32-35)21-5-9-28(31-15-21)39-23-7-8-26-20(14-23)4-6-22(33-26)16-34-17-24-25(18-34)29(24)30(36)37/h4-11,14-15,24-25,29H,12-13,16-19H2,1-3H3,(H,36,37). The van der Waals surface area contributed by atoms with Crippen LogP contribution in [0.2, 0.25) is 25.7 Å². The summed E-state index contributed by atoms with van der Waals surface area (Å²) in [5.74, 6) is 1.03. The Balaban J connectivity index is 1.05. The molecule has 208 valence electrons. The van der Waals surface area contributed by atoms with Gasteiger partial charge in [-0.2, -0.15) is 5.10 Å². The SMILES string of the molecule is C[Si](C)(C)CCOCn1nccc1-c1ccc(Oc2ccc3nc(CN4CC5C(C4)C5C(=O)O)ccc3c2)nc1. The van der Waals surface area contributed by atoms with Gasteiger partial charge in [-0.15, -0.1) is 0 Å². The summed E-state index contributed by atoms with van der Waals surface area (Å²) in [5.41, 5.74) is 3.79. The van der Waals surface area contributed by atoms with E-state index in [0.717, 1.165) is 60.1 Å². The highest BCUT2D eigenvalue weighted by atomic mass is 28.3. The van der Waals surface area contributed by atoms with Gasteiger partial charge >= 0.3 is 5.97 Å². The summed E-state index contributed by atoms with van der Waals surface area (Å²) in [6.45, 7) is 10.6. The molecule has 4 heterocycles. The number of ether oxygens (including phenoxy) is 2. The van der Waals surface area contributed by atoms with Gasteiger partial charge in [-0.3, -0.25) is 14.7 Å². The van der Waals surface area contributed by atoms with E-state index in [0.29, 0.717) is 30.2 Å². The number of piperidine rings is 1. The molecule has 1 N–H and O–H groups in total. The molecule has 0 amide bonds. The Bertz CT molecular complexity index is 1500. The summed E-state index contributed by atoms with van der Waals surface area (Å²) in [4.78, 5) is 22.9. The largest absolute Gasteiger partial charge is 0.481 e. The average molecular weight is 558 g/mol. The van der Waals surface area contributed by atoms with E-state index in [4.69, 9.17) is 14.5 Å². The maximum atomic E-state index is 11.2. The molecule has 0 bridgehead atoms. The minimum atomic E-state index is -1.13. The molecule has 3 aromatic heterocycles. The molecular formula is C30H35N5O4Si. The summed E-state index contributed by atoms with van der Waals surface area (Å²) in [5, 5.41) is 14.6. The predicted octanol–water partition coefficient (Wildman–Crippen LogP) is 5.36. The predicted molar refractivity (Wildman–Crippen MR) is 155 cm³/mol. The zero-order valence-electron chi connectivity index (χ0n) is 23.2. The number of carboxylic acid groups (broad SMARTS) is 1. The second-order valence-corrected chi connectivity index (χ2v) is 17.7. The van der Waals surface area contributed by atoms with Crippen LogP contribution in [0.5, 0.6) is 11.6 Å². The zero-order chi connectivity index (χ0) is 27.9. The molecule has 0 spiro atoms. The van der Waals surface area contributed by atoms with Crippen LogP contribution < -0.4 is 4.74 Å². The van der Waals surface area contributed by atoms with Gasteiger partial charge in [0, 0.05) is 63.7 Å². The fourth-order valence-corrected chi connectivity index (χ4v) is 6.32. The van der Waals surface area contributed by atoms with E-state index < -0.39 is 14.0 Å². The van der Waals surface area contributed by atoms with Gasteiger partial charge in [-0.1, -0.05) is 25.7 Å². The van der Waals surface area contributed by atoms with Gasteiger partial charge < -0.3 is 14.6 Å². The van der Waals surface area contributed by atoms with Crippen molar-refractivity contribution in [3.63, 3.8) is 0 Å². The van der Waals surface area contributed by atoms with Crippen molar-refractivity contribution in [3.8, 4) is 22.9 Å². The van der Waals surface area contributed by atoms with E-state index in [1.54, 1.807) is 12.4 Å². The molecule has 1 saturated heterocycles. The van der Waals surface area contributed by atoms with E-state index in [1.165, 1.54) is 0 Å². The highest BCUT2D eigenvalue weighted by Gasteiger charge is 2.59. The number of carbonyl (C=O) groups is 1. The number of hydrogen-bond acceptors (Lipinski definition) is 7. The van der Waals surface area contributed by atoms with Crippen molar-refractivity contribution in [2.24, 2.45) is 17.8 Å². The lowest BCUT2D eigenvalue weighted by molar-refractivity contribution is -0.139. The number of nitrogens with zero attached hydrogens (tertiary/aromatic N) is 5. The van der Waals surface area contributed by atoms with Crippen molar-refractivity contribution in [1.82, 2.24) is 24.6 Å². The molecule has 4 aromatic rings. The maximum absolute atomic E-state index is 11.2. The summed E-state index contributed by atoms with van der Waals surface area (Å²) in [6, 6.07) is 16.9. The number of rotatable bonds is 11. The van der Waals surface area contributed by atoms with E-state index >= 15 is 0 Å². The molecule has 40 heavy (non-hydrogen) atoms. The number of carboxylic acids is 1. The second kappa shape index (κ2) is 10.8. The van der Waals surface area contributed by atoms with Crippen molar-refractivity contribution in [3.05, 3.63) is 66.6 Å². The quantitative estimate of drug-likeness (QED) is 0.194. The Kier molecular flexibility index (Phi) is 7.16. The third-order valence-corrected chi connectivity index (χ3v) is 9.54. The molecule has 1 aliphatic heterocycles. The number of benzene rings is 1. The smallest absolute Gasteiger partial charge is 0.307 e. The number of pyridine rings is 2. The summed E-state index contributed by atoms with van der Waals surface area (Å²) >= 11 is 0. The maximum Gasteiger partial charge on any atom is 0.307 e. The molecule has 1 saturated carbocycles. The normalized spacial score (nSPS) is 20.5. The second-order valence-electron chi connectivity index (χ2n) is 12.1. The first-order valence-corrected chi connectivity index (χ1v) is 17.5. The van der Waals surface area contributed by atoms with Crippen molar-refractivity contribution >= 4 is 24.9 Å². The van der Waals surface area contributed by atoms with Crippen LogP contribution in [0.15, 0.2) is 60.9 Å². The fraction of sp³-hybridized carbons (Fsp3) is 0.400. The molecule has 6 rings (SSSR count). The molecule has 2 unspecified atom stereocenters. The number of aromatic nitrogens is 4. The molecule has 2 fully saturated rings. The van der Waals surface area contributed by atoms with Crippen molar-refractivity contribution in [1.29, 1.82) is 0 Å². The number of fused-ring (bicyclic) bond motifs is 2. The van der Waals surface area contributed by atoms with Crippen LogP contribution in [0.3, 0.4) is 0 Å². The van der Waals surface area contributed by atoms with Crippen LogP contribution in [-0.4, -0.2) is 63.5 Å². The monoisotopic (exact) mass is 557 g/mol. The number of likely N-dealkylation sites (tertiary alicyclic amines) is 1. The number of aliphatic carboxylic acids is 1. The van der Waals surface area contributed by atoms with Gasteiger partial charge in [0.15, 0.2) is 0 Å². The first-order chi connectivity index (χ1) is 19.2. The summed E-state index contributed by atoms with van der Waals surface area (Å²) in [7, 11) is -1.13. The highest BCUT2D eigenvalue weighted by Crippen LogP contribution is 2.51. The summed E-state index contributed by atoms with van der Waals surface area (Å²) < 4.78 is 13.8. The Morgan fingerprint density at radius 3 is 2.62 bits per heavy atom. The highest BCUT2D eigenvalue weighted by molar-refractivity contribution is 6.76. The van der Waals surface area contributed by atoms with Gasteiger partial charge in [0.05, 0.1) is 22.8 Å². The Morgan fingerprint density at radius 2 is 1.90 bits per heavy atom. The molecule has 1 aromatic carbocycles. The third-order valence-electron chi connectivity index (χ3n) is 7.84. The average Bonchev–Trinajstić information content (AvgIpc) is 3.21. The van der Waals surface area contributed by atoms with Gasteiger partial charge in [0.25, 0.3) is 0 Å². The van der Waals surface area contributed by atoms with Crippen molar-refractivity contribution in [2.45, 2.75) is 39.0 Å². The van der Waals surface area contributed by atoms with Gasteiger partial charge in [-0.05, 0) is 54.3 Å². The molecule has 2 aliphatic rings. The zero-order valence-corrected chi connectivity index (χ0v) is 24.2. The molecular weight excluding hydrogens is 522 g/mol. The molecule has 2 atom stereocenters. The molecule has 1 aliphatic carbocycles. The van der Waals surface area contributed by atoms with Crippen molar-refractivity contribution < 1.29 is 19.4 Å². The van der Waals surface area contributed by atoms with E-state index in [1.807, 2.05) is 47.1 Å². The van der Waals surface area contributed by atoms with Gasteiger partial charge in [-0.25, -0.2) is 9.67 Å². The topological polar surface area (TPSA) is 103 Å². The van der Waals surface area contributed by atoms with Crippen LogP contribution in [0, 0.1) is 17.8 Å². The lowest BCUT2D eigenvalue weighted by Crippen LogP contribution is -2.26. The molecule has 9 nitrogen and oxygen atoms in total. The van der Waals surface area contributed by atoms with Crippen molar-refractivity contribution in [2.75, 3.05) is 19.7 Å². The molecule has 0 radical (unpaired) electrons. The Hall–Kier alpha value is -3.60. The van der Waals surface area contributed by atoms with Crippen LogP contribution in [0.1, 0.15) is 5.69 Å². The first kappa shape index (κ1) is 26.6. The third kappa shape index (κ3) is 5.94. The minimum absolute atomic E-state index is 0.141. The van der Waals surface area contributed by atoms with E-state index in [-0.39, 0.29) is 5.92 Å². The fourth-order valence-electron chi connectivity index (χ4n) is 5.56. The lowest BCUT2D eigenvalue weighted by Gasteiger charge is -2.18. The first-order valence-electron chi connectivity index (χ1n) is 13.8. The Labute approximate surface area is 234 Å². The van der Waals surface area contributed by atoms with E-state index in [9.17, 15) is 9.90 Å². The van der Waals surface area contributed by atoms with E-state index in [2.05, 4.69) is 40.7 Å². The number of hydrogen-bond donors (Lipinski definition) is 1. The van der Waals surface area contributed by atoms with Crippen LogP contribution in [0.25, 0.3) is 22.2 Å². The van der Waals surface area contributed by atoms with Crippen LogP contribution in [-0.2, 0) is 22.8 Å². The van der Waals surface area contributed by atoms with Crippen LogP contribution >= 0.6 is 0 Å². The molecule has 10 heteroatoms. The Morgan fingerprint density at radius 1 is 1.07 bits per heavy atom. The van der Waals surface area contributed by atoms with Crippen LogP contribution in [0.4, 0.5) is 0 Å². The lowest BCUT2D eigenvalue weighted by atomic mass is 10.2. The summed E-state index contributed by atoms with van der Waals surface area (Å²) in [6.07, 6.45) is 3.57. The van der Waals surface area contributed by atoms with Gasteiger partial charge in [0.1, 0.15) is 12.5 Å².